The second-order valence-electron chi connectivity index (χ2n) is 4.44. The highest BCUT2D eigenvalue weighted by Gasteiger charge is 2.25. The van der Waals surface area contributed by atoms with E-state index in [9.17, 15) is 13.2 Å². The molecule has 1 amide bonds. The number of nitrogens with one attached hydrogen (secondary N) is 1. The smallest absolute Gasteiger partial charge is 0.235 e. The lowest BCUT2D eigenvalue weighted by Gasteiger charge is -2.11. The van der Waals surface area contributed by atoms with Crippen molar-refractivity contribution in [3.05, 3.63) is 0 Å². The third-order valence-electron chi connectivity index (χ3n) is 2.80. The summed E-state index contributed by atoms with van der Waals surface area (Å²) in [6.45, 7) is 2.53. The van der Waals surface area contributed by atoms with E-state index in [1.165, 1.54) is 0 Å². The third kappa shape index (κ3) is 4.49. The molecule has 1 saturated carbocycles. The van der Waals surface area contributed by atoms with E-state index in [0.717, 1.165) is 12.8 Å². The molecule has 1 aliphatic rings. The number of carbonyl (C=O) groups is 1. The van der Waals surface area contributed by atoms with Gasteiger partial charge in [-0.05, 0) is 38.6 Å². The molecule has 5 nitrogen and oxygen atoms in total. The van der Waals surface area contributed by atoms with Crippen molar-refractivity contribution in [2.45, 2.75) is 31.4 Å². The van der Waals surface area contributed by atoms with Crippen LogP contribution in [0.3, 0.4) is 0 Å². The number of rotatable bonds is 7. The van der Waals surface area contributed by atoms with E-state index in [4.69, 9.17) is 5.73 Å². The average molecular weight is 248 g/mol. The summed E-state index contributed by atoms with van der Waals surface area (Å²) in [6, 6.07) is 0. The van der Waals surface area contributed by atoms with Gasteiger partial charge in [0.1, 0.15) is 5.75 Å². The molecule has 3 N–H and O–H groups in total. The maximum atomic E-state index is 11.7. The van der Waals surface area contributed by atoms with Gasteiger partial charge in [-0.1, -0.05) is 0 Å². The molecule has 0 aromatic carbocycles. The average Bonchev–Trinajstić information content (AvgIpc) is 2.98. The standard InChI is InChI=1S/C10H20N2O3S/c1-8(4-5-11)16(14,15)7-10(13)12-6-9-2-3-9/h8-9H,2-7,11H2,1H3,(H,12,13). The van der Waals surface area contributed by atoms with Gasteiger partial charge in [-0.15, -0.1) is 0 Å². The van der Waals surface area contributed by atoms with Crippen molar-refractivity contribution in [1.29, 1.82) is 0 Å². The molecule has 1 atom stereocenters. The molecular formula is C10H20N2O3S. The molecule has 0 bridgehead atoms. The van der Waals surface area contributed by atoms with Gasteiger partial charge in [0.05, 0.1) is 5.25 Å². The molecular weight excluding hydrogens is 228 g/mol. The SMILES string of the molecule is CC(CCN)S(=O)(=O)CC(=O)NCC1CC1. The number of nitrogens with two attached hydrogens (primary N) is 1. The maximum absolute atomic E-state index is 11.7. The molecule has 0 aromatic heterocycles. The van der Waals surface area contributed by atoms with E-state index < -0.39 is 26.7 Å². The third-order valence-corrected chi connectivity index (χ3v) is 4.93. The molecule has 0 aromatic rings. The molecule has 94 valence electrons. The predicted molar refractivity (Wildman–Crippen MR) is 62.7 cm³/mol. The lowest BCUT2D eigenvalue weighted by molar-refractivity contribution is -0.118. The minimum Gasteiger partial charge on any atom is -0.355 e. The van der Waals surface area contributed by atoms with Crippen LogP contribution < -0.4 is 11.1 Å². The Labute approximate surface area is 96.7 Å². The summed E-state index contributed by atoms with van der Waals surface area (Å²) in [5.41, 5.74) is 5.30. The zero-order valence-electron chi connectivity index (χ0n) is 9.61. The highest BCUT2D eigenvalue weighted by molar-refractivity contribution is 7.92. The second kappa shape index (κ2) is 5.63. The molecule has 1 aliphatic carbocycles. The molecule has 16 heavy (non-hydrogen) atoms. The monoisotopic (exact) mass is 248 g/mol. The first kappa shape index (κ1) is 13.4. The Morgan fingerprint density at radius 3 is 2.62 bits per heavy atom. The fourth-order valence-corrected chi connectivity index (χ4v) is 2.62. The Hall–Kier alpha value is -0.620. The topological polar surface area (TPSA) is 89.3 Å². The number of carbonyl (C=O) groups excluding carboxylic acids is 1. The first-order chi connectivity index (χ1) is 7.45. The van der Waals surface area contributed by atoms with Gasteiger partial charge in [0.2, 0.25) is 5.91 Å². The van der Waals surface area contributed by atoms with Crippen LogP contribution in [0.25, 0.3) is 0 Å². The largest absolute Gasteiger partial charge is 0.355 e. The van der Waals surface area contributed by atoms with Crippen molar-refractivity contribution in [2.24, 2.45) is 11.7 Å². The maximum Gasteiger partial charge on any atom is 0.235 e. The highest BCUT2D eigenvalue weighted by Crippen LogP contribution is 2.27. The molecule has 0 aliphatic heterocycles. The van der Waals surface area contributed by atoms with Crippen molar-refractivity contribution < 1.29 is 13.2 Å². The van der Waals surface area contributed by atoms with Crippen molar-refractivity contribution in [2.75, 3.05) is 18.8 Å². The summed E-state index contributed by atoms with van der Waals surface area (Å²) in [4.78, 5) is 11.4. The van der Waals surface area contributed by atoms with Crippen molar-refractivity contribution in [1.82, 2.24) is 5.32 Å². The van der Waals surface area contributed by atoms with E-state index in [0.29, 0.717) is 25.4 Å². The molecule has 6 heteroatoms. The minimum atomic E-state index is -3.34. The van der Waals surface area contributed by atoms with Gasteiger partial charge in [-0.3, -0.25) is 4.79 Å². The van der Waals surface area contributed by atoms with E-state index >= 15 is 0 Å². The first-order valence-electron chi connectivity index (χ1n) is 5.64. The van der Waals surface area contributed by atoms with Crippen molar-refractivity contribution in [3.63, 3.8) is 0 Å². The zero-order valence-corrected chi connectivity index (χ0v) is 10.4. The number of hydrogen-bond acceptors (Lipinski definition) is 4. The number of hydrogen-bond donors (Lipinski definition) is 2. The van der Waals surface area contributed by atoms with E-state index in [1.807, 2.05) is 0 Å². The van der Waals surface area contributed by atoms with Crippen LogP contribution in [0.4, 0.5) is 0 Å². The van der Waals surface area contributed by atoms with Gasteiger partial charge in [0, 0.05) is 6.54 Å². The lowest BCUT2D eigenvalue weighted by atomic mass is 10.3. The summed E-state index contributed by atoms with van der Waals surface area (Å²) in [5, 5.41) is 2.11. The fourth-order valence-electron chi connectivity index (χ4n) is 1.37. The summed E-state index contributed by atoms with van der Waals surface area (Å²) < 4.78 is 23.3. The first-order valence-corrected chi connectivity index (χ1v) is 7.35. The summed E-state index contributed by atoms with van der Waals surface area (Å²) >= 11 is 0. The van der Waals surface area contributed by atoms with E-state index in [-0.39, 0.29) is 0 Å². The summed E-state index contributed by atoms with van der Waals surface area (Å²) in [5.74, 6) is -0.246. The van der Waals surface area contributed by atoms with Crippen LogP contribution in [0.5, 0.6) is 0 Å². The second-order valence-corrected chi connectivity index (χ2v) is 6.86. The molecule has 1 rings (SSSR count). The lowest BCUT2D eigenvalue weighted by Crippen LogP contribution is -2.35. The fraction of sp³-hybridized carbons (Fsp3) is 0.900. The van der Waals surface area contributed by atoms with Crippen LogP contribution in [-0.2, 0) is 14.6 Å². The van der Waals surface area contributed by atoms with Crippen LogP contribution in [-0.4, -0.2) is 38.4 Å². The normalized spacial score (nSPS) is 18.1. The quantitative estimate of drug-likeness (QED) is 0.645. The van der Waals surface area contributed by atoms with Crippen molar-refractivity contribution in [3.8, 4) is 0 Å². The molecule has 0 radical (unpaired) electrons. The van der Waals surface area contributed by atoms with Crippen LogP contribution in [0.1, 0.15) is 26.2 Å². The highest BCUT2D eigenvalue weighted by atomic mass is 32.2. The van der Waals surface area contributed by atoms with Gasteiger partial charge >= 0.3 is 0 Å². The van der Waals surface area contributed by atoms with Gasteiger partial charge in [0.25, 0.3) is 0 Å². The summed E-state index contributed by atoms with van der Waals surface area (Å²) in [6.07, 6.45) is 2.67. The van der Waals surface area contributed by atoms with Gasteiger partial charge < -0.3 is 11.1 Å². The Kier molecular flexibility index (Phi) is 4.73. The van der Waals surface area contributed by atoms with E-state index in [1.54, 1.807) is 6.92 Å². The van der Waals surface area contributed by atoms with Crippen LogP contribution in [0.2, 0.25) is 0 Å². The zero-order chi connectivity index (χ0) is 12.2. The molecule has 1 unspecified atom stereocenters. The molecule has 0 heterocycles. The van der Waals surface area contributed by atoms with Crippen LogP contribution in [0.15, 0.2) is 0 Å². The van der Waals surface area contributed by atoms with Gasteiger partial charge in [-0.2, -0.15) is 0 Å². The Balaban J connectivity index is 2.34. The Morgan fingerprint density at radius 2 is 2.12 bits per heavy atom. The number of amides is 1. The van der Waals surface area contributed by atoms with Gasteiger partial charge in [0.15, 0.2) is 9.84 Å². The van der Waals surface area contributed by atoms with Crippen LogP contribution >= 0.6 is 0 Å². The van der Waals surface area contributed by atoms with Gasteiger partial charge in [-0.25, -0.2) is 8.42 Å². The van der Waals surface area contributed by atoms with E-state index in [2.05, 4.69) is 5.32 Å². The minimum absolute atomic E-state index is 0.324. The Morgan fingerprint density at radius 1 is 1.50 bits per heavy atom. The number of sulfone groups is 1. The Bertz CT molecular complexity index is 336. The molecule has 1 fully saturated rings. The predicted octanol–water partition coefficient (Wildman–Crippen LogP) is -0.335. The van der Waals surface area contributed by atoms with Crippen LogP contribution in [0, 0.1) is 5.92 Å². The summed E-state index contributed by atoms with van der Waals surface area (Å²) in [7, 11) is -3.34. The van der Waals surface area contributed by atoms with Crippen molar-refractivity contribution >= 4 is 15.7 Å². The molecule has 0 spiro atoms. The molecule has 0 saturated heterocycles.